The predicted molar refractivity (Wildman–Crippen MR) is 65.3 cm³/mol. The first-order valence-corrected chi connectivity index (χ1v) is 6.87. The summed E-state index contributed by atoms with van der Waals surface area (Å²) in [4.78, 5) is 14.4. The minimum atomic E-state index is 0.258. The Morgan fingerprint density at radius 2 is 1.69 bits per heavy atom. The Kier molecular flexibility index (Phi) is 4.64. The summed E-state index contributed by atoms with van der Waals surface area (Å²) in [6.45, 7) is 3.98. The van der Waals surface area contributed by atoms with E-state index in [1.807, 2.05) is 0 Å². The first kappa shape index (κ1) is 11.9. The zero-order valence-corrected chi connectivity index (χ0v) is 10.2. The Labute approximate surface area is 98.6 Å². The van der Waals surface area contributed by atoms with Gasteiger partial charge in [0.1, 0.15) is 0 Å². The second-order valence-corrected chi connectivity index (χ2v) is 5.14. The summed E-state index contributed by atoms with van der Waals surface area (Å²) in [6, 6.07) is 0. The highest BCUT2D eigenvalue weighted by atomic mass is 16.2. The summed E-state index contributed by atoms with van der Waals surface area (Å²) in [5.74, 6) is 0.669. The van der Waals surface area contributed by atoms with Crippen molar-refractivity contribution in [3.63, 3.8) is 0 Å². The minimum Gasteiger partial charge on any atom is -0.342 e. The summed E-state index contributed by atoms with van der Waals surface area (Å²) in [6.07, 6.45) is 8.59. The maximum Gasteiger partial charge on any atom is 0.226 e. The molecule has 1 atom stereocenters. The molecule has 0 spiro atoms. The van der Waals surface area contributed by atoms with E-state index in [-0.39, 0.29) is 5.92 Å². The van der Waals surface area contributed by atoms with Crippen LogP contribution in [0, 0.1) is 5.92 Å². The quantitative estimate of drug-likeness (QED) is 0.736. The molecule has 2 saturated heterocycles. The molecule has 2 fully saturated rings. The Hall–Kier alpha value is -0.570. The summed E-state index contributed by atoms with van der Waals surface area (Å²) in [5, 5.41) is 3.34. The average Bonchev–Trinajstić information content (AvgIpc) is 2.29. The van der Waals surface area contributed by atoms with Crippen molar-refractivity contribution in [2.75, 3.05) is 26.2 Å². The van der Waals surface area contributed by atoms with Gasteiger partial charge in [-0.05, 0) is 32.2 Å². The molecule has 0 aliphatic carbocycles. The Balaban J connectivity index is 1.85. The maximum absolute atomic E-state index is 12.3. The van der Waals surface area contributed by atoms with Gasteiger partial charge in [-0.2, -0.15) is 0 Å². The summed E-state index contributed by atoms with van der Waals surface area (Å²) >= 11 is 0. The summed E-state index contributed by atoms with van der Waals surface area (Å²) < 4.78 is 0. The molecule has 92 valence electrons. The molecule has 0 saturated carbocycles. The number of hydrogen-bond acceptors (Lipinski definition) is 2. The molecule has 0 aromatic heterocycles. The third-order valence-electron chi connectivity index (χ3n) is 3.81. The molecule has 1 amide bonds. The van der Waals surface area contributed by atoms with E-state index in [1.165, 1.54) is 32.1 Å². The largest absolute Gasteiger partial charge is 0.342 e. The van der Waals surface area contributed by atoms with Gasteiger partial charge >= 0.3 is 0 Å². The van der Waals surface area contributed by atoms with Gasteiger partial charge in [0.25, 0.3) is 0 Å². The van der Waals surface area contributed by atoms with Crippen molar-refractivity contribution in [2.24, 2.45) is 5.92 Å². The van der Waals surface area contributed by atoms with E-state index in [0.29, 0.717) is 5.91 Å². The lowest BCUT2D eigenvalue weighted by Crippen LogP contribution is -2.44. The lowest BCUT2D eigenvalue weighted by atomic mass is 9.97. The van der Waals surface area contributed by atoms with Crippen molar-refractivity contribution in [2.45, 2.75) is 44.9 Å². The Morgan fingerprint density at radius 3 is 2.31 bits per heavy atom. The lowest BCUT2D eigenvalue weighted by molar-refractivity contribution is -0.136. The van der Waals surface area contributed by atoms with Crippen LogP contribution in [0.1, 0.15) is 44.9 Å². The summed E-state index contributed by atoms with van der Waals surface area (Å²) in [5.41, 5.74) is 0. The van der Waals surface area contributed by atoms with Gasteiger partial charge in [0, 0.05) is 19.6 Å². The van der Waals surface area contributed by atoms with Gasteiger partial charge in [-0.1, -0.05) is 19.3 Å². The van der Waals surface area contributed by atoms with Crippen LogP contribution in [0.3, 0.4) is 0 Å². The van der Waals surface area contributed by atoms with E-state index in [2.05, 4.69) is 10.2 Å². The molecule has 2 aliphatic heterocycles. The first-order valence-electron chi connectivity index (χ1n) is 6.87. The number of rotatable bonds is 1. The standard InChI is InChI=1S/C13H24N2O/c16-13(12-7-6-8-14-11-12)15-9-4-2-1-3-5-10-15/h12,14H,1-11H2/t12-/m0/s1. The number of nitrogens with one attached hydrogen (secondary N) is 1. The molecule has 3 heteroatoms. The lowest BCUT2D eigenvalue weighted by Gasteiger charge is -2.30. The van der Waals surface area contributed by atoms with Gasteiger partial charge in [0.2, 0.25) is 5.91 Å². The van der Waals surface area contributed by atoms with E-state index >= 15 is 0 Å². The van der Waals surface area contributed by atoms with Crippen molar-refractivity contribution in [3.05, 3.63) is 0 Å². The number of hydrogen-bond donors (Lipinski definition) is 1. The molecular formula is C13H24N2O. The smallest absolute Gasteiger partial charge is 0.226 e. The molecule has 3 nitrogen and oxygen atoms in total. The third kappa shape index (κ3) is 3.21. The highest BCUT2D eigenvalue weighted by Gasteiger charge is 2.25. The van der Waals surface area contributed by atoms with Crippen LogP contribution in [0.25, 0.3) is 0 Å². The van der Waals surface area contributed by atoms with Crippen LogP contribution in [-0.4, -0.2) is 37.0 Å². The molecule has 0 aromatic carbocycles. The topological polar surface area (TPSA) is 32.3 Å². The van der Waals surface area contributed by atoms with Crippen LogP contribution in [0.15, 0.2) is 0 Å². The van der Waals surface area contributed by atoms with Gasteiger partial charge in [0.05, 0.1) is 5.92 Å². The van der Waals surface area contributed by atoms with E-state index in [9.17, 15) is 4.79 Å². The monoisotopic (exact) mass is 224 g/mol. The van der Waals surface area contributed by atoms with Crippen LogP contribution in [0.2, 0.25) is 0 Å². The van der Waals surface area contributed by atoms with Crippen LogP contribution in [0.5, 0.6) is 0 Å². The molecule has 0 bridgehead atoms. The molecule has 2 heterocycles. The molecular weight excluding hydrogens is 200 g/mol. The van der Waals surface area contributed by atoms with Crippen molar-refractivity contribution in [1.29, 1.82) is 0 Å². The van der Waals surface area contributed by atoms with E-state index in [4.69, 9.17) is 0 Å². The fourth-order valence-electron chi connectivity index (χ4n) is 2.79. The Morgan fingerprint density at radius 1 is 1.00 bits per heavy atom. The number of carbonyl (C=O) groups is 1. The zero-order valence-electron chi connectivity index (χ0n) is 10.2. The molecule has 0 aromatic rings. The predicted octanol–water partition coefficient (Wildman–Crippen LogP) is 1.78. The molecule has 0 radical (unpaired) electrons. The number of nitrogens with zero attached hydrogens (tertiary/aromatic N) is 1. The average molecular weight is 224 g/mol. The van der Waals surface area contributed by atoms with Crippen molar-refractivity contribution in [3.8, 4) is 0 Å². The van der Waals surface area contributed by atoms with Crippen LogP contribution < -0.4 is 5.32 Å². The normalized spacial score (nSPS) is 28.2. The molecule has 2 rings (SSSR count). The van der Waals surface area contributed by atoms with Crippen molar-refractivity contribution in [1.82, 2.24) is 10.2 Å². The van der Waals surface area contributed by atoms with Crippen LogP contribution >= 0.6 is 0 Å². The first-order chi connectivity index (χ1) is 7.88. The number of piperidine rings is 1. The highest BCUT2D eigenvalue weighted by Crippen LogP contribution is 2.17. The molecule has 1 N–H and O–H groups in total. The SMILES string of the molecule is O=C([C@H]1CCCNC1)N1CCCCCCC1. The van der Waals surface area contributed by atoms with Crippen molar-refractivity contribution < 1.29 is 4.79 Å². The minimum absolute atomic E-state index is 0.258. The molecule has 2 aliphatic rings. The number of amides is 1. The second kappa shape index (κ2) is 6.24. The zero-order chi connectivity index (χ0) is 11.2. The summed E-state index contributed by atoms with van der Waals surface area (Å²) in [7, 11) is 0. The van der Waals surface area contributed by atoms with Gasteiger partial charge < -0.3 is 10.2 Å². The van der Waals surface area contributed by atoms with Gasteiger partial charge in [-0.25, -0.2) is 0 Å². The fraction of sp³-hybridized carbons (Fsp3) is 0.923. The van der Waals surface area contributed by atoms with Gasteiger partial charge in [-0.3, -0.25) is 4.79 Å². The van der Waals surface area contributed by atoms with Gasteiger partial charge in [-0.15, -0.1) is 0 Å². The van der Waals surface area contributed by atoms with E-state index in [0.717, 1.165) is 39.0 Å². The second-order valence-electron chi connectivity index (χ2n) is 5.14. The van der Waals surface area contributed by atoms with Crippen LogP contribution in [-0.2, 0) is 4.79 Å². The highest BCUT2D eigenvalue weighted by molar-refractivity contribution is 5.79. The number of carbonyl (C=O) groups excluding carboxylic acids is 1. The van der Waals surface area contributed by atoms with E-state index in [1.54, 1.807) is 0 Å². The molecule has 16 heavy (non-hydrogen) atoms. The Bertz CT molecular complexity index is 216. The van der Waals surface area contributed by atoms with Crippen LogP contribution in [0.4, 0.5) is 0 Å². The van der Waals surface area contributed by atoms with Gasteiger partial charge in [0.15, 0.2) is 0 Å². The molecule has 0 unspecified atom stereocenters. The fourth-order valence-corrected chi connectivity index (χ4v) is 2.79. The van der Waals surface area contributed by atoms with Crippen molar-refractivity contribution >= 4 is 5.91 Å². The maximum atomic E-state index is 12.3. The van der Waals surface area contributed by atoms with E-state index < -0.39 is 0 Å². The number of likely N-dealkylation sites (tertiary alicyclic amines) is 1. The third-order valence-corrected chi connectivity index (χ3v) is 3.81.